The van der Waals surface area contributed by atoms with Crippen LogP contribution in [-0.4, -0.2) is 56.9 Å². The van der Waals surface area contributed by atoms with Gasteiger partial charge < -0.3 is 15.0 Å². The number of alkyl halides is 3. The molecule has 0 radical (unpaired) electrons. The van der Waals surface area contributed by atoms with Gasteiger partial charge in [0.15, 0.2) is 0 Å². The molecule has 2 atom stereocenters. The van der Waals surface area contributed by atoms with E-state index in [1.807, 2.05) is 11.9 Å². The van der Waals surface area contributed by atoms with Crippen LogP contribution in [0.15, 0.2) is 0 Å². The summed E-state index contributed by atoms with van der Waals surface area (Å²) in [5.74, 6) is -0.0448. The second kappa shape index (κ2) is 7.09. The van der Waals surface area contributed by atoms with Crippen LogP contribution in [-0.2, 0) is 9.53 Å². The minimum Gasteiger partial charge on any atom is -0.469 e. The molecule has 1 aliphatic rings. The van der Waals surface area contributed by atoms with Gasteiger partial charge in [0.2, 0.25) is 0 Å². The van der Waals surface area contributed by atoms with Crippen LogP contribution in [0.25, 0.3) is 0 Å². The van der Waals surface area contributed by atoms with Crippen molar-refractivity contribution in [1.82, 2.24) is 10.2 Å². The number of hydrogen-bond donors (Lipinski definition) is 1. The smallest absolute Gasteiger partial charge is 0.401 e. The van der Waals surface area contributed by atoms with Crippen LogP contribution in [0.2, 0.25) is 0 Å². The highest BCUT2D eigenvalue weighted by molar-refractivity contribution is 5.69. The molecule has 0 bridgehead atoms. The van der Waals surface area contributed by atoms with Crippen LogP contribution in [0.4, 0.5) is 13.2 Å². The Balaban J connectivity index is 2.37. The minimum absolute atomic E-state index is 0.178. The average Bonchev–Trinajstić information content (AvgIpc) is 2.32. The number of halogens is 3. The number of ether oxygens (including phenoxy) is 1. The number of rotatable bonds is 5. The average molecular weight is 282 g/mol. The molecule has 19 heavy (non-hydrogen) atoms. The summed E-state index contributed by atoms with van der Waals surface area (Å²) < 4.78 is 41.1. The summed E-state index contributed by atoms with van der Waals surface area (Å²) in [6.45, 7) is 0.446. The Hall–Kier alpha value is -0.820. The molecule has 0 spiro atoms. The molecule has 1 N–H and O–H groups in total. The Morgan fingerprint density at radius 2 is 2.11 bits per heavy atom. The highest BCUT2D eigenvalue weighted by Crippen LogP contribution is 2.22. The first kappa shape index (κ1) is 16.2. The van der Waals surface area contributed by atoms with Crippen molar-refractivity contribution in [2.75, 3.05) is 33.8 Å². The molecule has 2 unspecified atom stereocenters. The number of carbonyl (C=O) groups excluding carboxylic acids is 1. The van der Waals surface area contributed by atoms with Crippen molar-refractivity contribution in [3.05, 3.63) is 0 Å². The molecule has 1 heterocycles. The maximum Gasteiger partial charge on any atom is 0.401 e. The Morgan fingerprint density at radius 3 is 2.68 bits per heavy atom. The third kappa shape index (κ3) is 6.77. The Morgan fingerprint density at radius 1 is 1.42 bits per heavy atom. The second-order valence-electron chi connectivity index (χ2n) is 5.13. The van der Waals surface area contributed by atoms with E-state index in [1.165, 1.54) is 7.11 Å². The van der Waals surface area contributed by atoms with E-state index in [4.69, 9.17) is 0 Å². The van der Waals surface area contributed by atoms with Crippen LogP contribution in [0.1, 0.15) is 19.3 Å². The molecule has 0 amide bonds. The number of esters is 1. The predicted octanol–water partition coefficient (Wildman–Crippen LogP) is 1.41. The lowest BCUT2D eigenvalue weighted by molar-refractivity contribution is -0.141. The largest absolute Gasteiger partial charge is 0.469 e. The number of hydrogen-bond acceptors (Lipinski definition) is 4. The molecule has 112 valence electrons. The highest BCUT2D eigenvalue weighted by atomic mass is 19.4. The van der Waals surface area contributed by atoms with E-state index in [-0.39, 0.29) is 17.9 Å². The maximum absolute atomic E-state index is 12.2. The van der Waals surface area contributed by atoms with E-state index in [0.717, 1.165) is 6.54 Å². The van der Waals surface area contributed by atoms with E-state index in [1.54, 1.807) is 0 Å². The summed E-state index contributed by atoms with van der Waals surface area (Å²) in [5.41, 5.74) is 0. The standard InChI is InChI=1S/C12H21F3N2O2/c1-17-6-9(3-4-11(18)19-2)5-10(7-17)16-8-12(13,14)15/h9-10,16H,3-8H2,1-2H3. The van der Waals surface area contributed by atoms with Crippen molar-refractivity contribution in [2.24, 2.45) is 5.92 Å². The molecule has 1 aliphatic heterocycles. The van der Waals surface area contributed by atoms with Crippen molar-refractivity contribution in [3.8, 4) is 0 Å². The first-order valence-electron chi connectivity index (χ1n) is 6.35. The highest BCUT2D eigenvalue weighted by Gasteiger charge is 2.31. The third-order valence-corrected chi connectivity index (χ3v) is 3.30. The van der Waals surface area contributed by atoms with Crippen LogP contribution >= 0.6 is 0 Å². The molecular weight excluding hydrogens is 261 g/mol. The Kier molecular flexibility index (Phi) is 6.06. The number of methoxy groups -OCH3 is 1. The summed E-state index contributed by atoms with van der Waals surface area (Å²) in [6, 6.07) is -0.178. The third-order valence-electron chi connectivity index (χ3n) is 3.30. The SMILES string of the molecule is COC(=O)CCC1CC(NCC(F)(F)F)CN(C)C1. The van der Waals surface area contributed by atoms with Crippen molar-refractivity contribution in [2.45, 2.75) is 31.5 Å². The molecule has 1 saturated heterocycles. The zero-order chi connectivity index (χ0) is 14.5. The molecular formula is C12H21F3N2O2. The summed E-state index contributed by atoms with van der Waals surface area (Å²) in [4.78, 5) is 13.1. The summed E-state index contributed by atoms with van der Waals surface area (Å²) in [7, 11) is 3.22. The van der Waals surface area contributed by atoms with Crippen molar-refractivity contribution < 1.29 is 22.7 Å². The zero-order valence-corrected chi connectivity index (χ0v) is 11.3. The van der Waals surface area contributed by atoms with E-state index in [0.29, 0.717) is 25.8 Å². The van der Waals surface area contributed by atoms with Crippen molar-refractivity contribution in [3.63, 3.8) is 0 Å². The zero-order valence-electron chi connectivity index (χ0n) is 11.3. The van der Waals surface area contributed by atoms with E-state index in [2.05, 4.69) is 10.1 Å². The lowest BCUT2D eigenvalue weighted by atomic mass is 9.90. The maximum atomic E-state index is 12.2. The fourth-order valence-electron chi connectivity index (χ4n) is 2.48. The van der Waals surface area contributed by atoms with Crippen molar-refractivity contribution >= 4 is 5.97 Å². The van der Waals surface area contributed by atoms with Crippen LogP contribution in [0, 0.1) is 5.92 Å². The lowest BCUT2D eigenvalue weighted by Crippen LogP contribution is -2.49. The van der Waals surface area contributed by atoms with Gasteiger partial charge >= 0.3 is 12.1 Å². The molecule has 4 nitrogen and oxygen atoms in total. The van der Waals surface area contributed by atoms with E-state index < -0.39 is 12.7 Å². The number of likely N-dealkylation sites (N-methyl/N-ethyl adjacent to an activating group) is 1. The molecule has 1 rings (SSSR count). The van der Waals surface area contributed by atoms with E-state index >= 15 is 0 Å². The molecule has 0 aromatic carbocycles. The molecule has 0 aromatic rings. The van der Waals surface area contributed by atoms with Crippen LogP contribution in [0.5, 0.6) is 0 Å². The predicted molar refractivity (Wildman–Crippen MR) is 64.7 cm³/mol. The Labute approximate surface area is 111 Å². The van der Waals surface area contributed by atoms with Gasteiger partial charge in [-0.15, -0.1) is 0 Å². The lowest BCUT2D eigenvalue weighted by Gasteiger charge is -2.36. The van der Waals surface area contributed by atoms with Gasteiger partial charge in [0, 0.05) is 25.6 Å². The normalized spacial score (nSPS) is 25.3. The molecule has 7 heteroatoms. The van der Waals surface area contributed by atoms with Gasteiger partial charge in [-0.3, -0.25) is 4.79 Å². The van der Waals surface area contributed by atoms with E-state index in [9.17, 15) is 18.0 Å². The van der Waals surface area contributed by atoms with Gasteiger partial charge in [0.1, 0.15) is 0 Å². The summed E-state index contributed by atoms with van der Waals surface area (Å²) >= 11 is 0. The van der Waals surface area contributed by atoms with Gasteiger partial charge in [0.25, 0.3) is 0 Å². The number of likely N-dealkylation sites (tertiary alicyclic amines) is 1. The molecule has 0 aliphatic carbocycles. The second-order valence-corrected chi connectivity index (χ2v) is 5.13. The van der Waals surface area contributed by atoms with Gasteiger partial charge in [-0.1, -0.05) is 0 Å². The van der Waals surface area contributed by atoms with Gasteiger partial charge in [0.05, 0.1) is 13.7 Å². The number of carbonyl (C=O) groups is 1. The minimum atomic E-state index is -4.18. The number of piperidine rings is 1. The monoisotopic (exact) mass is 282 g/mol. The fourth-order valence-corrected chi connectivity index (χ4v) is 2.48. The quantitative estimate of drug-likeness (QED) is 0.774. The summed E-state index contributed by atoms with van der Waals surface area (Å²) in [5, 5.41) is 2.54. The molecule has 0 saturated carbocycles. The fraction of sp³-hybridized carbons (Fsp3) is 0.917. The first-order chi connectivity index (χ1) is 8.80. The Bertz CT molecular complexity index is 297. The van der Waals surface area contributed by atoms with Crippen molar-refractivity contribution in [1.29, 1.82) is 0 Å². The molecule has 0 aromatic heterocycles. The van der Waals surface area contributed by atoms with Gasteiger partial charge in [-0.05, 0) is 25.8 Å². The van der Waals surface area contributed by atoms with Gasteiger partial charge in [-0.25, -0.2) is 0 Å². The van der Waals surface area contributed by atoms with Gasteiger partial charge in [-0.2, -0.15) is 13.2 Å². The topological polar surface area (TPSA) is 41.6 Å². The molecule has 1 fully saturated rings. The summed E-state index contributed by atoms with van der Waals surface area (Å²) in [6.07, 6.45) is -2.54. The van der Waals surface area contributed by atoms with Crippen LogP contribution < -0.4 is 5.32 Å². The van der Waals surface area contributed by atoms with Crippen LogP contribution in [0.3, 0.4) is 0 Å². The first-order valence-corrected chi connectivity index (χ1v) is 6.35. The number of nitrogens with one attached hydrogen (secondary N) is 1. The number of nitrogens with zero attached hydrogens (tertiary/aromatic N) is 1.